The van der Waals surface area contributed by atoms with Crippen molar-refractivity contribution in [3.05, 3.63) is 23.6 Å². The average Bonchev–Trinajstić information content (AvgIpc) is 2.41. The van der Waals surface area contributed by atoms with Gasteiger partial charge in [-0.05, 0) is 37.8 Å². The van der Waals surface area contributed by atoms with E-state index in [1.165, 1.54) is 5.57 Å². The largest absolute Gasteiger partial charge is 0.379 e. The first-order valence-corrected chi connectivity index (χ1v) is 6.62. The summed E-state index contributed by atoms with van der Waals surface area (Å²) in [6.45, 7) is 2.11. The second kappa shape index (κ2) is 5.91. The quantitative estimate of drug-likeness (QED) is 0.795. The SMILES string of the molecule is CC1(C2=CC=C(F)CC2)CCCSC(N)=N1.Cl. The fourth-order valence-corrected chi connectivity index (χ4v) is 2.98. The van der Waals surface area contributed by atoms with Gasteiger partial charge in [-0.3, -0.25) is 4.99 Å². The van der Waals surface area contributed by atoms with Crippen LogP contribution in [-0.4, -0.2) is 16.5 Å². The lowest BCUT2D eigenvalue weighted by atomic mass is 9.83. The zero-order chi connectivity index (χ0) is 11.6. The molecule has 5 heteroatoms. The molecule has 2 rings (SSSR count). The highest BCUT2D eigenvalue weighted by atomic mass is 35.5. The Balaban J connectivity index is 0.00000144. The molecule has 2 N–H and O–H groups in total. The molecule has 0 aromatic heterocycles. The third kappa shape index (κ3) is 3.49. The lowest BCUT2D eigenvalue weighted by molar-refractivity contribution is 0.474. The highest BCUT2D eigenvalue weighted by molar-refractivity contribution is 8.13. The van der Waals surface area contributed by atoms with Gasteiger partial charge in [0.05, 0.1) is 5.54 Å². The molecule has 0 amide bonds. The van der Waals surface area contributed by atoms with Crippen LogP contribution < -0.4 is 5.73 Å². The molecule has 0 radical (unpaired) electrons. The summed E-state index contributed by atoms with van der Waals surface area (Å²) in [6.07, 6.45) is 6.82. The van der Waals surface area contributed by atoms with Crippen LogP contribution in [-0.2, 0) is 0 Å². The summed E-state index contributed by atoms with van der Waals surface area (Å²) in [6, 6.07) is 0. The van der Waals surface area contributed by atoms with Crippen LogP contribution >= 0.6 is 24.2 Å². The fraction of sp³-hybridized carbons (Fsp3) is 0.583. The number of hydrogen-bond donors (Lipinski definition) is 1. The molecule has 0 bridgehead atoms. The Hall–Kier alpha value is -0.480. The minimum atomic E-state index is -0.217. The number of aliphatic imine (C=N–C) groups is 1. The zero-order valence-electron chi connectivity index (χ0n) is 9.91. The molecule has 1 atom stereocenters. The second-order valence-corrected chi connectivity index (χ2v) is 5.60. The summed E-state index contributed by atoms with van der Waals surface area (Å²) in [5.74, 6) is 0.995. The van der Waals surface area contributed by atoms with Gasteiger partial charge in [-0.2, -0.15) is 0 Å². The molecule has 0 spiro atoms. The molecule has 0 saturated heterocycles. The van der Waals surface area contributed by atoms with Crippen molar-refractivity contribution in [3.8, 4) is 0 Å². The Morgan fingerprint density at radius 2 is 2.18 bits per heavy atom. The highest BCUT2D eigenvalue weighted by Crippen LogP contribution is 2.36. The van der Waals surface area contributed by atoms with Crippen molar-refractivity contribution >= 4 is 29.3 Å². The number of allylic oxidation sites excluding steroid dienone is 3. The van der Waals surface area contributed by atoms with Gasteiger partial charge in [-0.15, -0.1) is 12.4 Å². The van der Waals surface area contributed by atoms with E-state index in [9.17, 15) is 4.39 Å². The number of halogens is 2. The summed E-state index contributed by atoms with van der Waals surface area (Å²) < 4.78 is 13.0. The van der Waals surface area contributed by atoms with Crippen LogP contribution in [0, 0.1) is 0 Å². The van der Waals surface area contributed by atoms with E-state index in [0.717, 1.165) is 25.0 Å². The van der Waals surface area contributed by atoms with E-state index < -0.39 is 0 Å². The zero-order valence-corrected chi connectivity index (χ0v) is 11.5. The number of nitrogens with two attached hydrogens (primary N) is 1. The van der Waals surface area contributed by atoms with Crippen molar-refractivity contribution in [3.63, 3.8) is 0 Å². The lowest BCUT2D eigenvalue weighted by Crippen LogP contribution is -2.27. The molecule has 0 saturated carbocycles. The highest BCUT2D eigenvalue weighted by Gasteiger charge is 2.30. The molecule has 0 fully saturated rings. The first-order valence-electron chi connectivity index (χ1n) is 5.64. The van der Waals surface area contributed by atoms with Crippen LogP contribution in [0.5, 0.6) is 0 Å². The topological polar surface area (TPSA) is 38.4 Å². The molecule has 1 aliphatic carbocycles. The standard InChI is InChI=1S/C12H17FN2S.ClH/c1-12(7-2-8-16-11(14)15-12)9-3-5-10(13)6-4-9;/h3,5H,2,4,6-8H2,1H3,(H2,14,15);1H. The van der Waals surface area contributed by atoms with Crippen LogP contribution in [0.25, 0.3) is 0 Å². The Morgan fingerprint density at radius 3 is 2.82 bits per heavy atom. The molecule has 17 heavy (non-hydrogen) atoms. The molecule has 1 aliphatic heterocycles. The monoisotopic (exact) mass is 276 g/mol. The maximum absolute atomic E-state index is 13.0. The van der Waals surface area contributed by atoms with Crippen molar-refractivity contribution in [2.24, 2.45) is 10.7 Å². The molecular weight excluding hydrogens is 259 g/mol. The Kier molecular flexibility index (Phi) is 5.07. The van der Waals surface area contributed by atoms with Gasteiger partial charge in [0.15, 0.2) is 5.17 Å². The molecule has 1 unspecified atom stereocenters. The van der Waals surface area contributed by atoms with E-state index in [1.807, 2.05) is 6.08 Å². The number of rotatable bonds is 1. The Morgan fingerprint density at radius 1 is 1.41 bits per heavy atom. The van der Waals surface area contributed by atoms with E-state index in [4.69, 9.17) is 5.73 Å². The van der Waals surface area contributed by atoms with Crippen LogP contribution in [0.3, 0.4) is 0 Å². The minimum Gasteiger partial charge on any atom is -0.379 e. The summed E-state index contributed by atoms with van der Waals surface area (Å²) >= 11 is 1.62. The molecule has 2 nitrogen and oxygen atoms in total. The molecule has 1 heterocycles. The van der Waals surface area contributed by atoms with Crippen molar-refractivity contribution in [1.82, 2.24) is 0 Å². The predicted molar refractivity (Wildman–Crippen MR) is 75.5 cm³/mol. The summed E-state index contributed by atoms with van der Waals surface area (Å²) in [5, 5.41) is 0.663. The van der Waals surface area contributed by atoms with Crippen molar-refractivity contribution in [2.45, 2.75) is 38.1 Å². The lowest BCUT2D eigenvalue weighted by Gasteiger charge is -2.29. The fourth-order valence-electron chi connectivity index (χ4n) is 2.22. The number of hydrogen-bond acceptors (Lipinski definition) is 3. The van der Waals surface area contributed by atoms with Crippen LogP contribution in [0.15, 0.2) is 28.5 Å². The van der Waals surface area contributed by atoms with Crippen LogP contribution in [0.4, 0.5) is 4.39 Å². The first kappa shape index (κ1) is 14.6. The van der Waals surface area contributed by atoms with Crippen molar-refractivity contribution < 1.29 is 4.39 Å². The molecule has 96 valence electrons. The van der Waals surface area contributed by atoms with E-state index in [1.54, 1.807) is 17.8 Å². The van der Waals surface area contributed by atoms with Gasteiger partial charge in [0, 0.05) is 12.2 Å². The predicted octanol–water partition coefficient (Wildman–Crippen LogP) is 3.58. The third-order valence-corrected chi connectivity index (χ3v) is 4.08. The molecule has 0 aromatic carbocycles. The van der Waals surface area contributed by atoms with E-state index in [-0.39, 0.29) is 23.8 Å². The summed E-state index contributed by atoms with van der Waals surface area (Å²) in [7, 11) is 0. The Labute approximate surface area is 112 Å². The maximum atomic E-state index is 13.0. The van der Waals surface area contributed by atoms with E-state index in [2.05, 4.69) is 11.9 Å². The number of nitrogens with zero attached hydrogens (tertiary/aromatic N) is 1. The van der Waals surface area contributed by atoms with Gasteiger partial charge in [0.2, 0.25) is 0 Å². The third-order valence-electron chi connectivity index (χ3n) is 3.21. The van der Waals surface area contributed by atoms with Gasteiger partial charge >= 0.3 is 0 Å². The Bertz CT molecular complexity index is 379. The average molecular weight is 277 g/mol. The number of thioether (sulfide) groups is 1. The van der Waals surface area contributed by atoms with Crippen LogP contribution in [0.2, 0.25) is 0 Å². The van der Waals surface area contributed by atoms with Gasteiger partial charge < -0.3 is 5.73 Å². The summed E-state index contributed by atoms with van der Waals surface area (Å²) in [5.41, 5.74) is 6.83. The van der Waals surface area contributed by atoms with Gasteiger partial charge in [-0.25, -0.2) is 4.39 Å². The maximum Gasteiger partial charge on any atom is 0.154 e. The van der Waals surface area contributed by atoms with Crippen molar-refractivity contribution in [1.29, 1.82) is 0 Å². The second-order valence-electron chi connectivity index (χ2n) is 4.48. The normalized spacial score (nSPS) is 29.4. The van der Waals surface area contributed by atoms with Crippen molar-refractivity contribution in [2.75, 3.05) is 5.75 Å². The minimum absolute atomic E-state index is 0. The molecule has 0 aromatic rings. The van der Waals surface area contributed by atoms with Gasteiger partial charge in [0.1, 0.15) is 5.83 Å². The number of amidine groups is 1. The van der Waals surface area contributed by atoms with Gasteiger partial charge in [-0.1, -0.05) is 17.8 Å². The van der Waals surface area contributed by atoms with Crippen LogP contribution in [0.1, 0.15) is 32.6 Å². The smallest absolute Gasteiger partial charge is 0.154 e. The van der Waals surface area contributed by atoms with E-state index >= 15 is 0 Å². The first-order chi connectivity index (χ1) is 7.60. The molecular formula is C12H18ClFN2S. The molecule has 2 aliphatic rings. The summed E-state index contributed by atoms with van der Waals surface area (Å²) in [4.78, 5) is 4.59. The van der Waals surface area contributed by atoms with E-state index in [0.29, 0.717) is 11.6 Å². The van der Waals surface area contributed by atoms with Gasteiger partial charge in [0.25, 0.3) is 0 Å².